The highest BCUT2D eigenvalue weighted by atomic mass is 35.5. The summed E-state index contributed by atoms with van der Waals surface area (Å²) in [5.74, 6) is -11.9. The van der Waals surface area contributed by atoms with Crippen molar-refractivity contribution in [2.75, 3.05) is 75.2 Å². The quantitative estimate of drug-likeness (QED) is 0.0815. The molecule has 18 nitrogen and oxygen atoms in total. The van der Waals surface area contributed by atoms with Gasteiger partial charge >= 0.3 is 12.4 Å². The molecule has 6 aromatic rings. The van der Waals surface area contributed by atoms with E-state index in [1.165, 1.54) is 31.2 Å². The summed E-state index contributed by atoms with van der Waals surface area (Å²) in [4.78, 5) is -1.14. The highest BCUT2D eigenvalue weighted by molar-refractivity contribution is 7.93. The summed E-state index contributed by atoms with van der Waals surface area (Å²) in [6.45, 7) is -0.217. The smallest absolute Gasteiger partial charge is 0.416 e. The van der Waals surface area contributed by atoms with Crippen molar-refractivity contribution in [3.8, 4) is 17.2 Å². The minimum Gasteiger partial charge on any atom is -0.490 e. The maximum atomic E-state index is 15.3. The van der Waals surface area contributed by atoms with Crippen LogP contribution in [0.2, 0.25) is 5.02 Å². The molecule has 0 radical (unpaired) electrons. The zero-order chi connectivity index (χ0) is 75.6. The fourth-order valence-corrected chi connectivity index (χ4v) is 23.9. The first-order valence-electron chi connectivity index (χ1n) is 31.5. The van der Waals surface area contributed by atoms with Crippen LogP contribution < -0.4 is 14.2 Å². The molecule has 0 aliphatic carbocycles. The lowest BCUT2D eigenvalue weighted by Gasteiger charge is -2.50. The number of benzene rings is 6. The predicted octanol–water partition coefficient (Wildman–Crippen LogP) is 11.7. The van der Waals surface area contributed by atoms with Crippen molar-refractivity contribution in [1.82, 2.24) is 0 Å². The number of alkyl halides is 6. The third-order valence-electron chi connectivity index (χ3n) is 19.5. The Kier molecular flexibility index (Phi) is 22.4. The zero-order valence-electron chi connectivity index (χ0n) is 54.4. The summed E-state index contributed by atoms with van der Waals surface area (Å²) >= 11 is 5.92. The minimum absolute atomic E-state index is 0.00296. The average molecular weight is 1600 g/mol. The van der Waals surface area contributed by atoms with Crippen molar-refractivity contribution in [3.05, 3.63) is 177 Å². The van der Waals surface area contributed by atoms with Crippen LogP contribution in [0.4, 0.5) is 52.7 Å². The summed E-state index contributed by atoms with van der Waals surface area (Å²) in [6, 6.07) is 15.8. The van der Waals surface area contributed by atoms with Crippen LogP contribution in [0, 0.1) is 52.7 Å². The van der Waals surface area contributed by atoms with E-state index >= 15 is 13.2 Å². The number of fused-ring (bicyclic) bond motifs is 9. The van der Waals surface area contributed by atoms with E-state index in [1.54, 1.807) is 0 Å². The fourth-order valence-electron chi connectivity index (χ4n) is 14.5. The van der Waals surface area contributed by atoms with E-state index in [1.807, 2.05) is 0 Å². The third kappa shape index (κ3) is 15.0. The van der Waals surface area contributed by atoms with Gasteiger partial charge in [0.1, 0.15) is 61.2 Å². The highest BCUT2D eigenvalue weighted by Gasteiger charge is 2.65. The normalized spacial score (nSPS) is 24.9. The molecule has 564 valence electrons. The summed E-state index contributed by atoms with van der Waals surface area (Å²) in [5.41, 5.74) is -3.66. The van der Waals surface area contributed by atoms with Crippen molar-refractivity contribution in [2.24, 2.45) is 17.8 Å². The number of ether oxygens (including phenoxy) is 6. The van der Waals surface area contributed by atoms with Crippen LogP contribution in [0.3, 0.4) is 0 Å². The SMILES string of the molecule is CCS(=O)(=O)CC[C@@H]1OCC[C@@]2(S(=O)(=O)c3ccc(C(F)(F)F)cc3)c3c(F)ccc(F)c3OC[C@@H]12.CS(=O)(=O)CC[C@@H]1OCC[C@@]2(S(=O)(=O)c3ccc(C(F)(F)F)cc3)c3c(F)ccc(F)c3OC[C@@H]12.CS(=O)(=O)CC[C@@H]1OCC[C@@]2(S(=O)(=O)c3ccc(Cl)cc3)c3c(F)ccc(F)c3OC[C@@H]12. The van der Waals surface area contributed by atoms with E-state index < -0.39 is 219 Å². The van der Waals surface area contributed by atoms with Crippen molar-refractivity contribution in [2.45, 2.75) is 105 Å². The van der Waals surface area contributed by atoms with Gasteiger partial charge < -0.3 is 28.4 Å². The molecule has 6 aliphatic rings. The molecule has 37 heteroatoms. The molecule has 6 aromatic carbocycles. The molecule has 3 saturated heterocycles. The van der Waals surface area contributed by atoms with Crippen LogP contribution in [-0.4, -0.2) is 144 Å². The molecule has 12 rings (SSSR count). The van der Waals surface area contributed by atoms with E-state index in [0.717, 1.165) is 73.2 Å². The van der Waals surface area contributed by atoms with Crippen LogP contribution in [0.15, 0.2) is 124 Å². The molecule has 6 heterocycles. The Labute approximate surface area is 590 Å². The first-order chi connectivity index (χ1) is 47.9. The summed E-state index contributed by atoms with van der Waals surface area (Å²) in [5, 5.41) is 0.320. The van der Waals surface area contributed by atoms with Gasteiger partial charge in [-0.1, -0.05) is 18.5 Å². The van der Waals surface area contributed by atoms with Gasteiger partial charge in [0, 0.05) is 60.9 Å². The Morgan fingerprint density at radius 3 is 0.922 bits per heavy atom. The maximum absolute atomic E-state index is 15.3. The molecule has 9 atom stereocenters. The van der Waals surface area contributed by atoms with Crippen LogP contribution in [0.1, 0.15) is 73.3 Å². The fraction of sp³-hybridized carbons (Fsp3) is 0.455. The third-order valence-corrected chi connectivity index (χ3v) is 31.1. The lowest BCUT2D eigenvalue weighted by molar-refractivity contribution is -0.138. The van der Waals surface area contributed by atoms with Gasteiger partial charge in [0.05, 0.1) is 97.9 Å². The van der Waals surface area contributed by atoms with Crippen molar-refractivity contribution in [3.63, 3.8) is 0 Å². The molecule has 0 amide bonds. The van der Waals surface area contributed by atoms with Crippen LogP contribution in [0.25, 0.3) is 0 Å². The predicted molar refractivity (Wildman–Crippen MR) is 348 cm³/mol. The second-order valence-corrected chi connectivity index (χ2v) is 39.5. The molecule has 103 heavy (non-hydrogen) atoms. The number of hydrogen-bond acceptors (Lipinski definition) is 18. The first-order valence-corrected chi connectivity index (χ1v) is 42.3. The largest absolute Gasteiger partial charge is 0.490 e. The van der Waals surface area contributed by atoms with Crippen LogP contribution in [-0.2, 0) is 99.8 Å². The number of rotatable bonds is 16. The van der Waals surface area contributed by atoms with Gasteiger partial charge in [0.25, 0.3) is 0 Å². The average Bonchev–Trinajstić information content (AvgIpc) is 0.710. The Morgan fingerprint density at radius 2 is 0.660 bits per heavy atom. The standard InChI is InChI=1S/C23H23F5O6S2.C22H21F5O6S2.C21H21ClF2O6S2/c1-2-35(29,30)12-9-19-16-13-34-21-18(25)8-7-17(24)20(21)22(16,10-11-33-19)36(31,32)15-5-3-14(4-6-15)23(26,27)28;1-34(28,29)11-8-18-15-12-33-20-17(24)7-6-16(23)19(20)21(15,9-10-32-18)35(30,31)14-4-2-13(3-5-14)22(25,26)27;1-31(25,26)11-8-18-15-12-30-20-17(24)7-6-16(23)19(20)21(15,9-10-29-18)32(27,28)14-4-2-13(22)3-5-14/h3-8,16,19H,2,9-13H2,1H3;2-7,15,18H,8-12H2,1H3;2-7,15,18H,8-12H2,1H3/t16-,19-,22-;2*15-,18-,21-/m000/s1. The van der Waals surface area contributed by atoms with Gasteiger partial charge in [-0.05, 0) is 148 Å². The van der Waals surface area contributed by atoms with Gasteiger partial charge in [0.2, 0.25) is 0 Å². The number of sulfone groups is 6. The Bertz CT molecular complexity index is 4920. The van der Waals surface area contributed by atoms with E-state index in [9.17, 15) is 90.0 Å². The molecular weight excluding hydrogens is 1540 g/mol. The molecule has 0 aromatic heterocycles. The van der Waals surface area contributed by atoms with E-state index in [0.29, 0.717) is 29.3 Å². The Balaban J connectivity index is 0.000000166. The topological polar surface area (TPSA) is 260 Å². The highest BCUT2D eigenvalue weighted by Crippen LogP contribution is 2.60. The molecule has 3 fully saturated rings. The lowest BCUT2D eigenvalue weighted by Crippen LogP contribution is -2.57. The van der Waals surface area contributed by atoms with Crippen LogP contribution in [0.5, 0.6) is 17.2 Å². The molecule has 0 N–H and O–H groups in total. The number of hydrogen-bond donors (Lipinski definition) is 0. The lowest BCUT2D eigenvalue weighted by atomic mass is 9.75. The Hall–Kier alpha value is -6.25. The van der Waals surface area contributed by atoms with Gasteiger partial charge in [0.15, 0.2) is 64.2 Å². The minimum atomic E-state index is -4.71. The zero-order valence-corrected chi connectivity index (χ0v) is 60.0. The molecular formula is C66H65ClF12O18S6. The van der Waals surface area contributed by atoms with Crippen molar-refractivity contribution in [1.29, 1.82) is 0 Å². The first kappa shape index (κ1) is 79.3. The van der Waals surface area contributed by atoms with Gasteiger partial charge in [-0.2, -0.15) is 26.3 Å². The van der Waals surface area contributed by atoms with Crippen molar-refractivity contribution >= 4 is 70.6 Å². The molecule has 6 aliphatic heterocycles. The van der Waals surface area contributed by atoms with E-state index in [4.69, 9.17) is 40.0 Å². The maximum Gasteiger partial charge on any atom is 0.416 e. The van der Waals surface area contributed by atoms with E-state index in [2.05, 4.69) is 0 Å². The summed E-state index contributed by atoms with van der Waals surface area (Å²) < 4.78 is 351. The van der Waals surface area contributed by atoms with Crippen molar-refractivity contribution < 1.29 is 132 Å². The van der Waals surface area contributed by atoms with E-state index in [-0.39, 0.29) is 98.4 Å². The molecule has 0 spiro atoms. The Morgan fingerprint density at radius 1 is 0.398 bits per heavy atom. The molecule has 0 unspecified atom stereocenters. The second kappa shape index (κ2) is 29.1. The summed E-state index contributed by atoms with van der Waals surface area (Å²) in [6.07, 6.45) is -11.3. The summed E-state index contributed by atoms with van der Waals surface area (Å²) in [7, 11) is -24.0. The van der Waals surface area contributed by atoms with Gasteiger partial charge in [-0.25, -0.2) is 76.8 Å². The number of halogens is 13. The van der Waals surface area contributed by atoms with Gasteiger partial charge in [-0.15, -0.1) is 0 Å². The van der Waals surface area contributed by atoms with Crippen LogP contribution >= 0.6 is 11.6 Å². The second-order valence-electron chi connectivity index (χ2n) is 25.5. The molecule has 0 saturated carbocycles. The van der Waals surface area contributed by atoms with Gasteiger partial charge in [-0.3, -0.25) is 0 Å². The molecule has 0 bridgehead atoms. The monoisotopic (exact) mass is 1600 g/mol.